The number of hydrogen-bond acceptors (Lipinski definition) is 3. The molecule has 1 aromatic carbocycles. The van der Waals surface area contributed by atoms with E-state index in [-0.39, 0.29) is 18.1 Å². The number of halogens is 1. The van der Waals surface area contributed by atoms with Crippen LogP contribution in [0.1, 0.15) is 25.3 Å². The van der Waals surface area contributed by atoms with Crippen molar-refractivity contribution in [2.75, 3.05) is 6.54 Å². The third-order valence-electron chi connectivity index (χ3n) is 4.24. The maximum Gasteiger partial charge on any atom is 0.256 e. The molecule has 0 spiro atoms. The molecule has 1 fully saturated rings. The van der Waals surface area contributed by atoms with E-state index in [9.17, 15) is 9.90 Å². The van der Waals surface area contributed by atoms with Gasteiger partial charge in [0.1, 0.15) is 0 Å². The summed E-state index contributed by atoms with van der Waals surface area (Å²) in [6, 6.07) is 7.87. The topological polar surface area (TPSA) is 61.7 Å². The van der Waals surface area contributed by atoms with Crippen molar-refractivity contribution in [2.45, 2.75) is 37.3 Å². The third kappa shape index (κ3) is 2.34. The number of carbonyl (C=O) groups excluding carboxylic acids is 1. The monoisotopic (exact) mass is 336 g/mol. The van der Waals surface area contributed by atoms with Gasteiger partial charge in [-0.1, -0.05) is 28.1 Å². The highest BCUT2D eigenvalue weighted by Crippen LogP contribution is 2.36. The van der Waals surface area contributed by atoms with Gasteiger partial charge in [-0.25, -0.2) is 4.99 Å². The Hall–Kier alpha value is -1.04. The van der Waals surface area contributed by atoms with Crippen LogP contribution in [0, 0.1) is 0 Å². The fraction of sp³-hybridized carbons (Fsp3) is 0.467. The molecule has 0 radical (unpaired) electrons. The largest absolute Gasteiger partial charge is 0.392 e. The van der Waals surface area contributed by atoms with Gasteiger partial charge in [0.25, 0.3) is 5.91 Å². The summed E-state index contributed by atoms with van der Waals surface area (Å²) in [5.74, 6) is -0.0852. The van der Waals surface area contributed by atoms with Gasteiger partial charge >= 0.3 is 0 Å². The van der Waals surface area contributed by atoms with Gasteiger partial charge in [-0.2, -0.15) is 0 Å². The van der Waals surface area contributed by atoms with Crippen LogP contribution >= 0.6 is 15.9 Å². The summed E-state index contributed by atoms with van der Waals surface area (Å²) in [5, 5.41) is 12.8. The third-order valence-corrected chi connectivity index (χ3v) is 4.77. The van der Waals surface area contributed by atoms with E-state index in [1.54, 1.807) is 0 Å². The van der Waals surface area contributed by atoms with Crippen LogP contribution in [-0.4, -0.2) is 35.4 Å². The lowest BCUT2D eigenvalue weighted by Crippen LogP contribution is -2.33. The molecule has 20 heavy (non-hydrogen) atoms. The SMILES string of the molecule is CC1(c2ccc(Br)cc2)CC(C2C[C@@H](O)CN2)=NC1=O. The highest BCUT2D eigenvalue weighted by Gasteiger charge is 2.44. The Labute approximate surface area is 126 Å². The van der Waals surface area contributed by atoms with Gasteiger partial charge < -0.3 is 10.4 Å². The van der Waals surface area contributed by atoms with Crippen molar-refractivity contribution in [3.8, 4) is 0 Å². The minimum Gasteiger partial charge on any atom is -0.392 e. The van der Waals surface area contributed by atoms with E-state index in [1.165, 1.54) is 0 Å². The van der Waals surface area contributed by atoms with Crippen molar-refractivity contribution < 1.29 is 9.90 Å². The Bertz CT molecular complexity index is 570. The van der Waals surface area contributed by atoms with E-state index < -0.39 is 5.41 Å². The fourth-order valence-electron chi connectivity index (χ4n) is 2.95. The van der Waals surface area contributed by atoms with E-state index in [1.807, 2.05) is 31.2 Å². The minimum atomic E-state index is -0.578. The second-order valence-corrected chi connectivity index (χ2v) is 6.69. The number of amides is 1. The lowest BCUT2D eigenvalue weighted by molar-refractivity contribution is -0.121. The first-order valence-electron chi connectivity index (χ1n) is 6.78. The Balaban J connectivity index is 1.83. The standard InChI is InChI=1S/C15H17BrN2O2/c1-15(9-2-4-10(16)5-3-9)7-13(18-14(15)20)12-6-11(19)8-17-12/h2-5,11-12,17,19H,6-8H2,1H3/t11-,12?,15?/m1/s1. The lowest BCUT2D eigenvalue weighted by Gasteiger charge is -2.22. The minimum absolute atomic E-state index is 0.0335. The molecule has 2 N–H and O–H groups in total. The average molecular weight is 337 g/mol. The predicted molar refractivity (Wildman–Crippen MR) is 81.0 cm³/mol. The number of nitrogens with zero attached hydrogens (tertiary/aromatic N) is 1. The van der Waals surface area contributed by atoms with Crippen LogP contribution in [0.15, 0.2) is 33.7 Å². The van der Waals surface area contributed by atoms with Crippen LogP contribution in [0.2, 0.25) is 0 Å². The van der Waals surface area contributed by atoms with Gasteiger partial charge in [0, 0.05) is 29.2 Å². The first-order valence-corrected chi connectivity index (χ1v) is 7.58. The molecule has 5 heteroatoms. The van der Waals surface area contributed by atoms with E-state index in [4.69, 9.17) is 0 Å². The molecular formula is C15H17BrN2O2. The van der Waals surface area contributed by atoms with Crippen LogP contribution in [0.4, 0.5) is 0 Å². The molecule has 0 aliphatic carbocycles. The number of aliphatic hydroxyl groups excluding tert-OH is 1. The van der Waals surface area contributed by atoms with Crippen molar-refractivity contribution in [1.82, 2.24) is 5.32 Å². The molecule has 3 rings (SSSR count). The zero-order valence-electron chi connectivity index (χ0n) is 11.3. The van der Waals surface area contributed by atoms with Gasteiger partial charge in [0.2, 0.25) is 0 Å². The van der Waals surface area contributed by atoms with Crippen molar-refractivity contribution in [3.63, 3.8) is 0 Å². The molecule has 0 saturated carbocycles. The second kappa shape index (κ2) is 5.06. The van der Waals surface area contributed by atoms with Gasteiger partial charge in [0.05, 0.1) is 11.5 Å². The number of nitrogens with one attached hydrogen (secondary N) is 1. The fourth-order valence-corrected chi connectivity index (χ4v) is 3.21. The lowest BCUT2D eigenvalue weighted by atomic mass is 9.78. The molecule has 1 saturated heterocycles. The van der Waals surface area contributed by atoms with Gasteiger partial charge in [0.15, 0.2) is 0 Å². The molecule has 1 amide bonds. The van der Waals surface area contributed by atoms with Crippen molar-refractivity contribution in [1.29, 1.82) is 0 Å². The molecule has 2 heterocycles. The van der Waals surface area contributed by atoms with Crippen LogP contribution < -0.4 is 5.32 Å². The number of β-amino-alcohol motifs (C(OH)–C–C–N with tert-alkyl or cyclic N) is 1. The zero-order chi connectivity index (χ0) is 14.3. The number of hydrogen-bond donors (Lipinski definition) is 2. The Kier molecular flexibility index (Phi) is 3.52. The number of carbonyl (C=O) groups is 1. The van der Waals surface area contributed by atoms with E-state index in [2.05, 4.69) is 26.2 Å². The van der Waals surface area contributed by atoms with Crippen molar-refractivity contribution in [3.05, 3.63) is 34.3 Å². The number of benzene rings is 1. The molecule has 2 aliphatic rings. The number of aliphatic hydroxyl groups is 1. The first kappa shape index (κ1) is 13.9. The highest BCUT2D eigenvalue weighted by molar-refractivity contribution is 9.10. The van der Waals surface area contributed by atoms with Crippen LogP contribution in [0.5, 0.6) is 0 Å². The second-order valence-electron chi connectivity index (χ2n) is 5.77. The summed E-state index contributed by atoms with van der Waals surface area (Å²) in [6.45, 7) is 2.52. The Morgan fingerprint density at radius 2 is 2.10 bits per heavy atom. The summed E-state index contributed by atoms with van der Waals surface area (Å²) < 4.78 is 0.997. The number of aliphatic imine (C=N–C) groups is 1. The molecule has 2 unspecified atom stereocenters. The van der Waals surface area contributed by atoms with Crippen LogP contribution in [0.3, 0.4) is 0 Å². The zero-order valence-corrected chi connectivity index (χ0v) is 12.9. The smallest absolute Gasteiger partial charge is 0.256 e. The van der Waals surface area contributed by atoms with Gasteiger partial charge in [-0.05, 0) is 31.0 Å². The normalized spacial score (nSPS) is 33.5. The van der Waals surface area contributed by atoms with Gasteiger partial charge in [-0.3, -0.25) is 4.79 Å². The molecule has 0 aromatic heterocycles. The summed E-state index contributed by atoms with van der Waals surface area (Å²) in [6.07, 6.45) is 0.928. The Morgan fingerprint density at radius 1 is 1.40 bits per heavy atom. The summed E-state index contributed by atoms with van der Waals surface area (Å²) in [5.41, 5.74) is 1.28. The summed E-state index contributed by atoms with van der Waals surface area (Å²) in [4.78, 5) is 16.6. The molecular weight excluding hydrogens is 320 g/mol. The quantitative estimate of drug-likeness (QED) is 0.865. The molecule has 2 aliphatic heterocycles. The van der Waals surface area contributed by atoms with Crippen LogP contribution in [0.25, 0.3) is 0 Å². The van der Waals surface area contributed by atoms with E-state index in [0.717, 1.165) is 15.7 Å². The van der Waals surface area contributed by atoms with Crippen molar-refractivity contribution in [2.24, 2.45) is 4.99 Å². The molecule has 4 nitrogen and oxygen atoms in total. The molecule has 106 valence electrons. The van der Waals surface area contributed by atoms with E-state index in [0.29, 0.717) is 19.4 Å². The predicted octanol–water partition coefficient (Wildman–Crippen LogP) is 1.80. The maximum atomic E-state index is 12.3. The first-order chi connectivity index (χ1) is 9.49. The highest BCUT2D eigenvalue weighted by atomic mass is 79.9. The summed E-state index contributed by atoms with van der Waals surface area (Å²) in [7, 11) is 0. The number of rotatable bonds is 2. The van der Waals surface area contributed by atoms with Crippen molar-refractivity contribution >= 4 is 27.5 Å². The molecule has 1 aromatic rings. The average Bonchev–Trinajstić information content (AvgIpc) is 2.96. The van der Waals surface area contributed by atoms with Gasteiger partial charge in [-0.15, -0.1) is 0 Å². The summed E-state index contributed by atoms with van der Waals surface area (Å²) >= 11 is 3.41. The van der Waals surface area contributed by atoms with Crippen LogP contribution in [-0.2, 0) is 10.2 Å². The maximum absolute atomic E-state index is 12.3. The molecule has 3 atom stereocenters. The molecule has 0 bridgehead atoms. The van der Waals surface area contributed by atoms with E-state index >= 15 is 0 Å². The Morgan fingerprint density at radius 3 is 2.70 bits per heavy atom.